The molecule has 1 aromatic heterocycles. The smallest absolute Gasteiger partial charge is 0.159 e. The van der Waals surface area contributed by atoms with E-state index in [1.54, 1.807) is 7.11 Å². The fraction of sp³-hybridized carbons (Fsp3) is 0.643. The second-order valence-electron chi connectivity index (χ2n) is 9.34. The summed E-state index contributed by atoms with van der Waals surface area (Å²) >= 11 is 0. The summed E-state index contributed by atoms with van der Waals surface area (Å²) in [6.45, 7) is 5.19. The van der Waals surface area contributed by atoms with Gasteiger partial charge >= 0.3 is 0 Å². The average Bonchev–Trinajstić information content (AvgIpc) is 2.84. The molecule has 4 N–H and O–H groups in total. The maximum absolute atomic E-state index is 6.33. The molecule has 1 aromatic carbocycles. The molecule has 34 heavy (non-hydrogen) atoms. The molecule has 0 saturated heterocycles. The molecule has 0 atom stereocenters. The first kappa shape index (κ1) is 27.7. The predicted octanol–water partition coefficient (Wildman–Crippen LogP) is 8.01. The number of nitrogens with zero attached hydrogens (tertiary/aromatic N) is 2. The normalized spacial score (nSPS) is 10.9. The zero-order chi connectivity index (χ0) is 24.4. The average molecular weight is 470 g/mol. The molecule has 6 nitrogen and oxygen atoms in total. The largest absolute Gasteiger partial charge is 0.495 e. The molecule has 190 valence electrons. The Morgan fingerprint density at radius 2 is 1.35 bits per heavy atom. The van der Waals surface area contributed by atoms with Crippen molar-refractivity contribution in [3.05, 3.63) is 30.1 Å². The maximum Gasteiger partial charge on any atom is 0.159 e. The van der Waals surface area contributed by atoms with Crippen LogP contribution in [0.5, 0.6) is 5.75 Å². The lowest BCUT2D eigenvalue weighted by Gasteiger charge is -2.15. The van der Waals surface area contributed by atoms with Crippen molar-refractivity contribution in [2.24, 2.45) is 0 Å². The van der Waals surface area contributed by atoms with E-state index in [2.05, 4.69) is 27.5 Å². The van der Waals surface area contributed by atoms with Gasteiger partial charge in [-0.2, -0.15) is 0 Å². The Morgan fingerprint density at radius 1 is 0.794 bits per heavy atom. The van der Waals surface area contributed by atoms with Crippen LogP contribution >= 0.6 is 0 Å². The van der Waals surface area contributed by atoms with Gasteiger partial charge in [-0.1, -0.05) is 96.5 Å². The highest BCUT2D eigenvalue weighted by atomic mass is 16.5. The number of aromatic nitrogens is 2. The second kappa shape index (κ2) is 17.0. The van der Waals surface area contributed by atoms with E-state index in [9.17, 15) is 0 Å². The van der Waals surface area contributed by atoms with Crippen molar-refractivity contribution in [1.29, 1.82) is 0 Å². The summed E-state index contributed by atoms with van der Waals surface area (Å²) in [5.74, 6) is 2.02. The van der Waals surface area contributed by atoms with Crippen molar-refractivity contribution in [2.75, 3.05) is 30.0 Å². The van der Waals surface area contributed by atoms with Crippen LogP contribution in [0.3, 0.4) is 0 Å². The van der Waals surface area contributed by atoms with Gasteiger partial charge in [0.15, 0.2) is 11.6 Å². The van der Waals surface area contributed by atoms with Crippen LogP contribution in [-0.4, -0.2) is 23.6 Å². The fourth-order valence-electron chi connectivity index (χ4n) is 4.21. The Labute approximate surface area is 207 Å². The maximum atomic E-state index is 6.33. The molecule has 0 amide bonds. The van der Waals surface area contributed by atoms with E-state index in [1.807, 2.05) is 25.1 Å². The van der Waals surface area contributed by atoms with Gasteiger partial charge in [0.1, 0.15) is 17.8 Å². The minimum absolute atomic E-state index is 0.524. The Bertz CT molecular complexity index is 811. The first-order valence-corrected chi connectivity index (χ1v) is 13.4. The molecule has 0 saturated carbocycles. The summed E-state index contributed by atoms with van der Waals surface area (Å²) in [5.41, 5.74) is 8.83. The van der Waals surface area contributed by atoms with Gasteiger partial charge < -0.3 is 21.1 Å². The summed E-state index contributed by atoms with van der Waals surface area (Å²) < 4.78 is 5.44. The molecular weight excluding hydrogens is 422 g/mol. The topological polar surface area (TPSA) is 85.1 Å². The van der Waals surface area contributed by atoms with Crippen molar-refractivity contribution in [2.45, 2.75) is 104 Å². The molecule has 6 heteroatoms. The molecule has 0 aliphatic heterocycles. The number of nitrogen functional groups attached to an aromatic ring is 1. The molecular formula is C28H47N5O. The third-order valence-electron chi connectivity index (χ3n) is 6.31. The molecule has 0 aliphatic carbocycles. The van der Waals surface area contributed by atoms with Gasteiger partial charge in [0, 0.05) is 6.54 Å². The first-order chi connectivity index (χ1) is 16.7. The third kappa shape index (κ3) is 10.6. The number of benzene rings is 1. The summed E-state index contributed by atoms with van der Waals surface area (Å²) in [4.78, 5) is 8.64. The van der Waals surface area contributed by atoms with Gasteiger partial charge in [-0.3, -0.25) is 0 Å². The molecule has 0 bridgehead atoms. The lowest BCUT2D eigenvalue weighted by Crippen LogP contribution is -2.09. The van der Waals surface area contributed by atoms with Crippen LogP contribution in [-0.2, 0) is 0 Å². The van der Waals surface area contributed by atoms with Crippen molar-refractivity contribution in [3.63, 3.8) is 0 Å². The van der Waals surface area contributed by atoms with E-state index in [0.717, 1.165) is 30.0 Å². The number of methoxy groups -OCH3 is 1. The molecule has 0 spiro atoms. The van der Waals surface area contributed by atoms with Crippen LogP contribution in [0.2, 0.25) is 0 Å². The van der Waals surface area contributed by atoms with E-state index < -0.39 is 0 Å². The highest BCUT2D eigenvalue weighted by Gasteiger charge is 2.11. The lowest BCUT2D eigenvalue weighted by atomic mass is 10.0. The number of rotatable bonds is 19. The number of unbranched alkanes of at least 4 members (excludes halogenated alkanes) is 13. The van der Waals surface area contributed by atoms with Gasteiger partial charge in [-0.25, -0.2) is 9.97 Å². The Kier molecular flexibility index (Phi) is 13.9. The third-order valence-corrected chi connectivity index (χ3v) is 6.31. The van der Waals surface area contributed by atoms with Crippen LogP contribution in [0.25, 0.3) is 0 Å². The Hall–Kier alpha value is -2.50. The second-order valence-corrected chi connectivity index (χ2v) is 9.34. The van der Waals surface area contributed by atoms with E-state index in [-0.39, 0.29) is 0 Å². The van der Waals surface area contributed by atoms with Crippen LogP contribution < -0.4 is 21.1 Å². The zero-order valence-corrected chi connectivity index (χ0v) is 21.8. The number of nitrogens with one attached hydrogen (secondary N) is 2. The van der Waals surface area contributed by atoms with Crippen molar-refractivity contribution in [1.82, 2.24) is 9.97 Å². The highest BCUT2D eigenvalue weighted by Crippen LogP contribution is 2.31. The highest BCUT2D eigenvalue weighted by molar-refractivity contribution is 5.79. The number of aryl methyl sites for hydroxylation is 1. The van der Waals surface area contributed by atoms with Crippen LogP contribution in [0.1, 0.15) is 102 Å². The fourth-order valence-corrected chi connectivity index (χ4v) is 4.21. The Morgan fingerprint density at radius 3 is 1.94 bits per heavy atom. The quantitative estimate of drug-likeness (QED) is 0.181. The lowest BCUT2D eigenvalue weighted by molar-refractivity contribution is 0.416. The minimum atomic E-state index is 0.524. The summed E-state index contributed by atoms with van der Waals surface area (Å²) in [6, 6.07) is 5.96. The van der Waals surface area contributed by atoms with Gasteiger partial charge in [0.25, 0.3) is 0 Å². The number of hydrogen-bond donors (Lipinski definition) is 3. The molecule has 2 rings (SSSR count). The van der Waals surface area contributed by atoms with Crippen LogP contribution in [0, 0.1) is 6.92 Å². The summed E-state index contributed by atoms with van der Waals surface area (Å²) in [6.07, 6.45) is 20.6. The predicted molar refractivity (Wildman–Crippen MR) is 146 cm³/mol. The monoisotopic (exact) mass is 469 g/mol. The zero-order valence-electron chi connectivity index (χ0n) is 21.8. The molecule has 0 radical (unpaired) electrons. The standard InChI is InChI=1S/C28H47N5O/c1-4-5-6-7-8-9-10-11-12-13-14-15-16-17-20-30-27-26(29)28(32-22-31-27)33-24-21-23(2)18-19-25(24)34-3/h18-19,21-22H,4-17,20,29H2,1-3H3,(H2,30,31,32,33). The Balaban J connectivity index is 1.58. The molecule has 0 unspecified atom stereocenters. The number of hydrogen-bond acceptors (Lipinski definition) is 6. The van der Waals surface area contributed by atoms with Gasteiger partial charge in [-0.15, -0.1) is 0 Å². The molecule has 0 fully saturated rings. The van der Waals surface area contributed by atoms with Crippen molar-refractivity contribution >= 4 is 23.0 Å². The van der Waals surface area contributed by atoms with E-state index >= 15 is 0 Å². The number of ether oxygens (including phenoxy) is 1. The SMILES string of the molecule is CCCCCCCCCCCCCCCCNc1ncnc(Nc2cc(C)ccc2OC)c1N. The van der Waals surface area contributed by atoms with Gasteiger partial charge in [0.05, 0.1) is 12.8 Å². The summed E-state index contributed by atoms with van der Waals surface area (Å²) in [7, 11) is 1.66. The van der Waals surface area contributed by atoms with E-state index in [1.165, 1.54) is 89.8 Å². The molecule has 0 aliphatic rings. The van der Waals surface area contributed by atoms with Gasteiger partial charge in [-0.05, 0) is 31.0 Å². The van der Waals surface area contributed by atoms with E-state index in [4.69, 9.17) is 10.5 Å². The number of anilines is 4. The summed E-state index contributed by atoms with van der Waals surface area (Å²) in [5, 5.41) is 6.66. The van der Waals surface area contributed by atoms with Crippen molar-refractivity contribution < 1.29 is 4.74 Å². The van der Waals surface area contributed by atoms with Gasteiger partial charge in [0.2, 0.25) is 0 Å². The van der Waals surface area contributed by atoms with Crippen molar-refractivity contribution in [3.8, 4) is 5.75 Å². The van der Waals surface area contributed by atoms with E-state index in [0.29, 0.717) is 17.3 Å². The van der Waals surface area contributed by atoms with Crippen LogP contribution in [0.15, 0.2) is 24.5 Å². The van der Waals surface area contributed by atoms with Crippen LogP contribution in [0.4, 0.5) is 23.0 Å². The number of nitrogens with two attached hydrogens (primary N) is 1. The minimum Gasteiger partial charge on any atom is -0.495 e. The molecule has 2 aromatic rings. The first-order valence-electron chi connectivity index (χ1n) is 13.4. The molecule has 1 heterocycles.